The van der Waals surface area contributed by atoms with Crippen LogP contribution in [0.4, 0.5) is 0 Å². The van der Waals surface area contributed by atoms with Gasteiger partial charge in [-0.25, -0.2) is 0 Å². The number of aromatic nitrogens is 1. The Morgan fingerprint density at radius 1 is 1.50 bits per heavy atom. The minimum absolute atomic E-state index is 0.181. The van der Waals surface area contributed by atoms with E-state index in [2.05, 4.69) is 22.1 Å². The number of hydrogen-bond donors (Lipinski definition) is 3. The average molecular weight is 273 g/mol. The van der Waals surface area contributed by atoms with Gasteiger partial charge in [-0.2, -0.15) is 0 Å². The monoisotopic (exact) mass is 273 g/mol. The highest BCUT2D eigenvalue weighted by molar-refractivity contribution is 5.96. The molecule has 0 bridgehead atoms. The summed E-state index contributed by atoms with van der Waals surface area (Å²) in [6.45, 7) is 0.233. The van der Waals surface area contributed by atoms with Crippen LogP contribution in [0.1, 0.15) is 41.6 Å². The molecule has 0 aromatic carbocycles. The maximum Gasteiger partial charge on any atom is 0.252 e. The summed E-state index contributed by atoms with van der Waals surface area (Å²) in [5.41, 5.74) is 6.37. The minimum Gasteiger partial charge on any atom is -0.391 e. The van der Waals surface area contributed by atoms with Crippen molar-refractivity contribution in [3.05, 3.63) is 29.6 Å². The fourth-order valence-electron chi connectivity index (χ4n) is 2.36. The normalized spacial score (nSPS) is 21.7. The second kappa shape index (κ2) is 7.04. The standard InChI is InChI=1S/C15H19N3O2/c16-8-3-4-11-10-17-9-7-12(11)15(20)18-13-5-1-2-6-14(13)19/h7,9-10,13-14,19H,1-2,5-6,8,16H2,(H,18,20). The van der Waals surface area contributed by atoms with Crippen molar-refractivity contribution in [3.63, 3.8) is 0 Å². The van der Waals surface area contributed by atoms with Crippen molar-refractivity contribution in [2.75, 3.05) is 6.54 Å². The molecule has 1 aromatic rings. The van der Waals surface area contributed by atoms with Crippen LogP contribution in [-0.4, -0.2) is 34.7 Å². The van der Waals surface area contributed by atoms with E-state index < -0.39 is 6.10 Å². The van der Waals surface area contributed by atoms with E-state index in [4.69, 9.17) is 5.73 Å². The van der Waals surface area contributed by atoms with Gasteiger partial charge < -0.3 is 16.2 Å². The Morgan fingerprint density at radius 2 is 2.30 bits per heavy atom. The van der Waals surface area contributed by atoms with Crippen LogP contribution >= 0.6 is 0 Å². The molecule has 106 valence electrons. The van der Waals surface area contributed by atoms with Gasteiger partial charge in [0.25, 0.3) is 5.91 Å². The van der Waals surface area contributed by atoms with Crippen LogP contribution in [-0.2, 0) is 0 Å². The molecule has 5 heteroatoms. The third kappa shape index (κ3) is 3.56. The van der Waals surface area contributed by atoms with Gasteiger partial charge in [0.15, 0.2) is 0 Å². The first kappa shape index (κ1) is 14.5. The van der Waals surface area contributed by atoms with E-state index in [-0.39, 0.29) is 18.5 Å². The summed E-state index contributed by atoms with van der Waals surface area (Å²) in [7, 11) is 0. The zero-order valence-corrected chi connectivity index (χ0v) is 11.3. The summed E-state index contributed by atoms with van der Waals surface area (Å²) in [5.74, 6) is 5.34. The Bertz CT molecular complexity index is 533. The average Bonchev–Trinajstić information content (AvgIpc) is 2.47. The Hall–Kier alpha value is -1.90. The first-order valence-corrected chi connectivity index (χ1v) is 6.84. The number of carbonyl (C=O) groups excluding carboxylic acids is 1. The first-order chi connectivity index (χ1) is 9.72. The molecular weight excluding hydrogens is 254 g/mol. The van der Waals surface area contributed by atoms with Gasteiger partial charge in [0.2, 0.25) is 0 Å². The first-order valence-electron chi connectivity index (χ1n) is 6.84. The van der Waals surface area contributed by atoms with Crippen LogP contribution in [0.2, 0.25) is 0 Å². The fraction of sp³-hybridized carbons (Fsp3) is 0.467. The highest BCUT2D eigenvalue weighted by Crippen LogP contribution is 2.19. The quantitative estimate of drug-likeness (QED) is 0.682. The lowest BCUT2D eigenvalue weighted by molar-refractivity contribution is 0.0717. The second-order valence-electron chi connectivity index (χ2n) is 4.86. The molecule has 2 unspecified atom stereocenters. The van der Waals surface area contributed by atoms with Crippen LogP contribution < -0.4 is 11.1 Å². The van der Waals surface area contributed by atoms with Gasteiger partial charge in [-0.1, -0.05) is 24.7 Å². The van der Waals surface area contributed by atoms with E-state index >= 15 is 0 Å². The molecule has 1 aliphatic carbocycles. The molecule has 20 heavy (non-hydrogen) atoms. The van der Waals surface area contributed by atoms with Gasteiger partial charge in [0, 0.05) is 12.4 Å². The number of rotatable bonds is 2. The fourth-order valence-corrected chi connectivity index (χ4v) is 2.36. The van der Waals surface area contributed by atoms with Gasteiger partial charge in [0.1, 0.15) is 0 Å². The van der Waals surface area contributed by atoms with Gasteiger partial charge in [0.05, 0.1) is 29.8 Å². The van der Waals surface area contributed by atoms with E-state index in [1.165, 1.54) is 0 Å². The number of carbonyl (C=O) groups is 1. The SMILES string of the molecule is NCC#Cc1cnccc1C(=O)NC1CCCCC1O. The Morgan fingerprint density at radius 3 is 3.05 bits per heavy atom. The predicted octanol–water partition coefficient (Wildman–Crippen LogP) is 0.425. The highest BCUT2D eigenvalue weighted by Gasteiger charge is 2.25. The van der Waals surface area contributed by atoms with Crippen molar-refractivity contribution in [2.45, 2.75) is 37.8 Å². The molecular formula is C15H19N3O2. The number of nitrogens with two attached hydrogens (primary N) is 1. The van der Waals surface area contributed by atoms with Gasteiger partial charge in [-0.05, 0) is 18.9 Å². The van der Waals surface area contributed by atoms with Crippen molar-refractivity contribution in [3.8, 4) is 11.8 Å². The lowest BCUT2D eigenvalue weighted by Gasteiger charge is -2.28. The van der Waals surface area contributed by atoms with Crippen molar-refractivity contribution >= 4 is 5.91 Å². The lowest BCUT2D eigenvalue weighted by atomic mass is 9.92. The maximum atomic E-state index is 12.3. The van der Waals surface area contributed by atoms with Gasteiger partial charge in [-0.15, -0.1) is 0 Å². The number of nitrogens with zero attached hydrogens (tertiary/aromatic N) is 1. The summed E-state index contributed by atoms with van der Waals surface area (Å²) in [6, 6.07) is 1.45. The smallest absolute Gasteiger partial charge is 0.252 e. The second-order valence-corrected chi connectivity index (χ2v) is 4.86. The molecule has 2 atom stereocenters. The summed E-state index contributed by atoms with van der Waals surface area (Å²) in [4.78, 5) is 16.3. The van der Waals surface area contributed by atoms with E-state index in [1.54, 1.807) is 18.5 Å². The minimum atomic E-state index is -0.465. The Balaban J connectivity index is 2.12. The van der Waals surface area contributed by atoms with Gasteiger partial charge >= 0.3 is 0 Å². The molecule has 1 fully saturated rings. The summed E-state index contributed by atoms with van der Waals surface area (Å²) >= 11 is 0. The van der Waals surface area contributed by atoms with Crippen molar-refractivity contribution in [1.29, 1.82) is 0 Å². The largest absolute Gasteiger partial charge is 0.391 e. The van der Waals surface area contributed by atoms with Crippen molar-refractivity contribution < 1.29 is 9.90 Å². The zero-order valence-electron chi connectivity index (χ0n) is 11.3. The molecule has 5 nitrogen and oxygen atoms in total. The number of aliphatic hydroxyl groups is 1. The summed E-state index contributed by atoms with van der Waals surface area (Å²) in [5, 5.41) is 12.8. The summed E-state index contributed by atoms with van der Waals surface area (Å²) < 4.78 is 0. The van der Waals surface area contributed by atoms with E-state index in [1.807, 2.05) is 0 Å². The molecule has 0 radical (unpaired) electrons. The predicted molar refractivity (Wildman–Crippen MR) is 75.9 cm³/mol. The Kier molecular flexibility index (Phi) is 5.10. The van der Waals surface area contributed by atoms with Crippen molar-refractivity contribution in [1.82, 2.24) is 10.3 Å². The number of pyridine rings is 1. The third-order valence-electron chi connectivity index (χ3n) is 3.44. The highest BCUT2D eigenvalue weighted by atomic mass is 16.3. The molecule has 0 saturated heterocycles. The number of nitrogens with one attached hydrogen (secondary N) is 1. The number of amides is 1. The molecule has 1 saturated carbocycles. The van der Waals surface area contributed by atoms with E-state index in [0.29, 0.717) is 11.1 Å². The molecule has 4 N–H and O–H groups in total. The van der Waals surface area contributed by atoms with Crippen LogP contribution in [0.5, 0.6) is 0 Å². The van der Waals surface area contributed by atoms with E-state index in [9.17, 15) is 9.90 Å². The van der Waals surface area contributed by atoms with Crippen LogP contribution in [0.25, 0.3) is 0 Å². The van der Waals surface area contributed by atoms with Crippen molar-refractivity contribution in [2.24, 2.45) is 5.73 Å². The van der Waals surface area contributed by atoms with Gasteiger partial charge in [-0.3, -0.25) is 9.78 Å². The molecule has 0 aliphatic heterocycles. The molecule has 1 amide bonds. The molecule has 0 spiro atoms. The summed E-state index contributed by atoms with van der Waals surface area (Å²) in [6.07, 6.45) is 6.22. The maximum absolute atomic E-state index is 12.3. The third-order valence-corrected chi connectivity index (χ3v) is 3.44. The van der Waals surface area contributed by atoms with Crippen LogP contribution in [0, 0.1) is 11.8 Å². The molecule has 1 heterocycles. The topological polar surface area (TPSA) is 88.2 Å². The zero-order chi connectivity index (χ0) is 14.4. The lowest BCUT2D eigenvalue weighted by Crippen LogP contribution is -2.45. The van der Waals surface area contributed by atoms with E-state index in [0.717, 1.165) is 25.7 Å². The van der Waals surface area contributed by atoms with Crippen LogP contribution in [0.3, 0.4) is 0 Å². The number of aliphatic hydroxyl groups excluding tert-OH is 1. The van der Waals surface area contributed by atoms with Crippen LogP contribution in [0.15, 0.2) is 18.5 Å². The molecule has 1 aromatic heterocycles. The Labute approximate surface area is 118 Å². The number of hydrogen-bond acceptors (Lipinski definition) is 4. The molecule has 2 rings (SSSR count). The molecule has 1 aliphatic rings.